The maximum Gasteiger partial charge on any atom is 0.276 e. The second-order valence-corrected chi connectivity index (χ2v) is 5.75. The van der Waals surface area contributed by atoms with Crippen molar-refractivity contribution in [1.29, 1.82) is 0 Å². The Hall–Kier alpha value is -1.04. The first-order chi connectivity index (χ1) is 9.29. The van der Waals surface area contributed by atoms with Crippen LogP contribution in [0.1, 0.15) is 44.9 Å². The summed E-state index contributed by atoms with van der Waals surface area (Å²) in [5.74, 6) is 1.62. The third kappa shape index (κ3) is 4.53. The highest BCUT2D eigenvalue weighted by molar-refractivity contribution is 7.99. The third-order valence-corrected chi connectivity index (χ3v) is 4.07. The molecule has 1 aromatic rings. The van der Waals surface area contributed by atoms with Gasteiger partial charge in [0.15, 0.2) is 0 Å². The van der Waals surface area contributed by atoms with Crippen molar-refractivity contribution in [2.45, 2.75) is 50.7 Å². The summed E-state index contributed by atoms with van der Waals surface area (Å²) < 4.78 is 5.40. The van der Waals surface area contributed by atoms with Gasteiger partial charge in [0.1, 0.15) is 0 Å². The molecule has 2 heterocycles. The molecule has 6 heteroatoms. The number of hydrogen-bond donors (Lipinski definition) is 0. The van der Waals surface area contributed by atoms with E-state index in [1.807, 2.05) is 11.8 Å². The number of aryl methyl sites for hydroxylation is 1. The van der Waals surface area contributed by atoms with Gasteiger partial charge in [0.2, 0.25) is 11.8 Å². The first-order valence-electron chi connectivity index (χ1n) is 7.02. The summed E-state index contributed by atoms with van der Waals surface area (Å²) in [6.45, 7) is 3.82. The number of likely N-dealkylation sites (tertiary alicyclic amines) is 1. The van der Waals surface area contributed by atoms with Crippen LogP contribution < -0.4 is 0 Å². The maximum absolute atomic E-state index is 12.0. The number of nitrogens with zero attached hydrogens (tertiary/aromatic N) is 3. The number of aromatic nitrogens is 2. The summed E-state index contributed by atoms with van der Waals surface area (Å²) in [5, 5.41) is 8.40. The van der Waals surface area contributed by atoms with E-state index in [-0.39, 0.29) is 5.91 Å². The molecule has 1 saturated heterocycles. The van der Waals surface area contributed by atoms with E-state index < -0.39 is 0 Å². The molecular weight excluding hydrogens is 262 g/mol. The van der Waals surface area contributed by atoms with Crippen LogP contribution in [0.15, 0.2) is 9.64 Å². The number of hydrogen-bond acceptors (Lipinski definition) is 5. The van der Waals surface area contributed by atoms with Crippen LogP contribution in [0.5, 0.6) is 0 Å². The Bertz CT molecular complexity index is 400. The van der Waals surface area contributed by atoms with Crippen LogP contribution in [-0.4, -0.2) is 39.8 Å². The molecular formula is C13H21N3O2S. The van der Waals surface area contributed by atoms with E-state index in [4.69, 9.17) is 4.42 Å². The second-order valence-electron chi connectivity index (χ2n) is 4.71. The molecule has 0 atom stereocenters. The summed E-state index contributed by atoms with van der Waals surface area (Å²) in [6.07, 6.45) is 6.08. The minimum Gasteiger partial charge on any atom is -0.416 e. The first-order valence-corrected chi connectivity index (χ1v) is 8.01. The molecule has 106 valence electrons. The fraction of sp³-hybridized carbons (Fsp3) is 0.769. The zero-order chi connectivity index (χ0) is 13.5. The molecule has 1 aliphatic rings. The standard InChI is InChI=1S/C13H21N3O2S/c1-2-11-14-15-13(18-11)19-10-7-12(17)16-8-5-3-4-6-9-16/h2-10H2,1H3. The molecule has 1 amide bonds. The number of carbonyl (C=O) groups is 1. The molecule has 0 aliphatic carbocycles. The Labute approximate surface area is 118 Å². The van der Waals surface area contributed by atoms with Gasteiger partial charge in [0.25, 0.3) is 5.22 Å². The lowest BCUT2D eigenvalue weighted by atomic mass is 10.2. The van der Waals surface area contributed by atoms with Crippen LogP contribution in [0.25, 0.3) is 0 Å². The number of rotatable bonds is 5. The van der Waals surface area contributed by atoms with E-state index in [1.54, 1.807) is 0 Å². The van der Waals surface area contributed by atoms with E-state index in [0.29, 0.717) is 23.3 Å². The van der Waals surface area contributed by atoms with Gasteiger partial charge in [-0.25, -0.2) is 0 Å². The van der Waals surface area contributed by atoms with E-state index in [2.05, 4.69) is 10.2 Å². The van der Waals surface area contributed by atoms with Gasteiger partial charge in [0.05, 0.1) is 0 Å². The topological polar surface area (TPSA) is 59.2 Å². The largest absolute Gasteiger partial charge is 0.416 e. The van der Waals surface area contributed by atoms with Crippen LogP contribution in [-0.2, 0) is 11.2 Å². The van der Waals surface area contributed by atoms with Crippen LogP contribution in [0.2, 0.25) is 0 Å². The molecule has 5 nitrogen and oxygen atoms in total. The fourth-order valence-corrected chi connectivity index (χ4v) is 2.85. The minimum absolute atomic E-state index is 0.254. The van der Waals surface area contributed by atoms with Crippen LogP contribution in [0, 0.1) is 0 Å². The molecule has 2 rings (SSSR count). The van der Waals surface area contributed by atoms with Gasteiger partial charge in [-0.05, 0) is 12.8 Å². The van der Waals surface area contributed by atoms with Crippen molar-refractivity contribution in [1.82, 2.24) is 15.1 Å². The zero-order valence-electron chi connectivity index (χ0n) is 11.4. The smallest absolute Gasteiger partial charge is 0.276 e. The highest BCUT2D eigenvalue weighted by atomic mass is 32.2. The molecule has 1 fully saturated rings. The number of carbonyl (C=O) groups excluding carboxylic acids is 1. The van der Waals surface area contributed by atoms with Gasteiger partial charge in [0, 0.05) is 31.7 Å². The van der Waals surface area contributed by atoms with Gasteiger partial charge in [-0.3, -0.25) is 4.79 Å². The molecule has 1 aliphatic heterocycles. The van der Waals surface area contributed by atoms with Crippen molar-refractivity contribution in [3.8, 4) is 0 Å². The molecule has 0 bridgehead atoms. The van der Waals surface area contributed by atoms with E-state index >= 15 is 0 Å². The van der Waals surface area contributed by atoms with Crippen molar-refractivity contribution < 1.29 is 9.21 Å². The quantitative estimate of drug-likeness (QED) is 0.777. The Balaban J connectivity index is 1.70. The third-order valence-electron chi connectivity index (χ3n) is 3.25. The minimum atomic E-state index is 0.254. The summed E-state index contributed by atoms with van der Waals surface area (Å²) in [5.41, 5.74) is 0. The number of thioether (sulfide) groups is 1. The first kappa shape index (κ1) is 14.4. The zero-order valence-corrected chi connectivity index (χ0v) is 12.2. The lowest BCUT2D eigenvalue weighted by Gasteiger charge is -2.19. The Kier molecular flexibility index (Phi) is 5.69. The summed E-state index contributed by atoms with van der Waals surface area (Å²) in [4.78, 5) is 14.0. The Morgan fingerprint density at radius 2 is 2.00 bits per heavy atom. The molecule has 0 spiro atoms. The summed E-state index contributed by atoms with van der Waals surface area (Å²) >= 11 is 1.47. The molecule has 1 aromatic heterocycles. The van der Waals surface area contributed by atoms with Crippen LogP contribution in [0.4, 0.5) is 0 Å². The summed E-state index contributed by atoms with van der Waals surface area (Å²) in [6, 6.07) is 0. The van der Waals surface area contributed by atoms with Gasteiger partial charge in [-0.1, -0.05) is 31.5 Å². The predicted molar refractivity (Wildman–Crippen MR) is 74.1 cm³/mol. The average Bonchev–Trinajstić information content (AvgIpc) is 2.71. The molecule has 0 N–H and O–H groups in total. The molecule has 0 aromatic carbocycles. The Morgan fingerprint density at radius 3 is 2.63 bits per heavy atom. The van der Waals surface area contributed by atoms with Crippen molar-refractivity contribution in [3.05, 3.63) is 5.89 Å². The lowest BCUT2D eigenvalue weighted by molar-refractivity contribution is -0.130. The van der Waals surface area contributed by atoms with Crippen LogP contribution in [0.3, 0.4) is 0 Å². The molecule has 0 unspecified atom stereocenters. The highest BCUT2D eigenvalue weighted by Crippen LogP contribution is 2.18. The van der Waals surface area contributed by atoms with Crippen molar-refractivity contribution in [2.24, 2.45) is 0 Å². The van der Waals surface area contributed by atoms with Gasteiger partial charge >= 0.3 is 0 Å². The normalized spacial score (nSPS) is 16.4. The van der Waals surface area contributed by atoms with Crippen molar-refractivity contribution in [2.75, 3.05) is 18.8 Å². The SMILES string of the molecule is CCc1nnc(SCCC(=O)N2CCCCCC2)o1. The van der Waals surface area contributed by atoms with Crippen molar-refractivity contribution >= 4 is 17.7 Å². The lowest BCUT2D eigenvalue weighted by Crippen LogP contribution is -2.31. The molecule has 0 saturated carbocycles. The summed E-state index contributed by atoms with van der Waals surface area (Å²) in [7, 11) is 0. The highest BCUT2D eigenvalue weighted by Gasteiger charge is 2.15. The maximum atomic E-state index is 12.0. The van der Waals surface area contributed by atoms with Gasteiger partial charge in [-0.2, -0.15) is 0 Å². The molecule has 0 radical (unpaired) electrons. The Morgan fingerprint density at radius 1 is 1.26 bits per heavy atom. The number of amides is 1. The fourth-order valence-electron chi connectivity index (χ4n) is 2.14. The van der Waals surface area contributed by atoms with Gasteiger partial charge < -0.3 is 9.32 Å². The monoisotopic (exact) mass is 283 g/mol. The average molecular weight is 283 g/mol. The van der Waals surface area contributed by atoms with Gasteiger partial charge in [-0.15, -0.1) is 10.2 Å². The van der Waals surface area contributed by atoms with Crippen LogP contribution >= 0.6 is 11.8 Å². The van der Waals surface area contributed by atoms with Crippen molar-refractivity contribution in [3.63, 3.8) is 0 Å². The van der Waals surface area contributed by atoms with E-state index in [0.717, 1.165) is 32.4 Å². The predicted octanol–water partition coefficient (Wildman–Crippen LogP) is 2.52. The van der Waals surface area contributed by atoms with E-state index in [9.17, 15) is 4.79 Å². The molecule has 19 heavy (non-hydrogen) atoms. The second kappa shape index (κ2) is 7.53. The van der Waals surface area contributed by atoms with E-state index in [1.165, 1.54) is 24.6 Å².